The van der Waals surface area contributed by atoms with Gasteiger partial charge in [-0.1, -0.05) is 12.1 Å². The minimum Gasteiger partial charge on any atom is -0.497 e. The minimum atomic E-state index is -0.190. The largest absolute Gasteiger partial charge is 0.497 e. The number of nitriles is 1. The fourth-order valence-corrected chi connectivity index (χ4v) is 1.99. The van der Waals surface area contributed by atoms with Gasteiger partial charge in [-0.15, -0.1) is 0 Å². The third-order valence-electron chi connectivity index (χ3n) is 2.96. The van der Waals surface area contributed by atoms with Gasteiger partial charge in [0.1, 0.15) is 11.8 Å². The molecule has 1 aliphatic rings. The quantitative estimate of drug-likeness (QED) is 0.794. The molecule has 0 radical (unpaired) electrons. The number of rotatable bonds is 3. The summed E-state index contributed by atoms with van der Waals surface area (Å²) in [4.78, 5) is 2.14. The molecule has 90 valence electrons. The van der Waals surface area contributed by atoms with Gasteiger partial charge in [0.05, 0.1) is 26.4 Å². The van der Waals surface area contributed by atoms with E-state index >= 15 is 0 Å². The number of morpholine rings is 1. The summed E-state index contributed by atoms with van der Waals surface area (Å²) >= 11 is 0. The first kappa shape index (κ1) is 11.9. The van der Waals surface area contributed by atoms with Crippen LogP contribution in [0.25, 0.3) is 0 Å². The predicted molar refractivity (Wildman–Crippen MR) is 63.7 cm³/mol. The molecule has 1 heterocycles. The van der Waals surface area contributed by atoms with Crippen molar-refractivity contribution in [2.24, 2.45) is 0 Å². The van der Waals surface area contributed by atoms with Crippen molar-refractivity contribution in [2.45, 2.75) is 6.04 Å². The van der Waals surface area contributed by atoms with Crippen LogP contribution in [-0.2, 0) is 4.74 Å². The second kappa shape index (κ2) is 5.67. The van der Waals surface area contributed by atoms with Gasteiger partial charge >= 0.3 is 0 Å². The molecule has 0 unspecified atom stereocenters. The molecule has 4 heteroatoms. The van der Waals surface area contributed by atoms with Crippen LogP contribution in [0.15, 0.2) is 24.3 Å². The number of methoxy groups -OCH3 is 1. The molecule has 0 amide bonds. The van der Waals surface area contributed by atoms with Gasteiger partial charge in [0.2, 0.25) is 0 Å². The van der Waals surface area contributed by atoms with Crippen molar-refractivity contribution >= 4 is 0 Å². The van der Waals surface area contributed by atoms with E-state index in [0.29, 0.717) is 13.2 Å². The monoisotopic (exact) mass is 232 g/mol. The molecule has 1 saturated heterocycles. The zero-order chi connectivity index (χ0) is 12.1. The van der Waals surface area contributed by atoms with E-state index < -0.39 is 0 Å². The first-order chi connectivity index (χ1) is 8.35. The van der Waals surface area contributed by atoms with Crippen molar-refractivity contribution in [1.82, 2.24) is 4.90 Å². The van der Waals surface area contributed by atoms with Gasteiger partial charge in [-0.25, -0.2) is 0 Å². The highest BCUT2D eigenvalue weighted by Crippen LogP contribution is 2.23. The highest BCUT2D eigenvalue weighted by molar-refractivity contribution is 5.31. The third kappa shape index (κ3) is 2.76. The molecule has 0 aromatic heterocycles. The number of ether oxygens (including phenoxy) is 2. The van der Waals surface area contributed by atoms with E-state index in [4.69, 9.17) is 9.47 Å². The van der Waals surface area contributed by atoms with Crippen molar-refractivity contribution in [3.8, 4) is 11.8 Å². The van der Waals surface area contributed by atoms with Crippen molar-refractivity contribution < 1.29 is 9.47 Å². The van der Waals surface area contributed by atoms with Gasteiger partial charge < -0.3 is 9.47 Å². The Morgan fingerprint density at radius 3 is 2.47 bits per heavy atom. The third-order valence-corrected chi connectivity index (χ3v) is 2.96. The minimum absolute atomic E-state index is 0.190. The van der Waals surface area contributed by atoms with Crippen LogP contribution in [0.5, 0.6) is 5.75 Å². The Morgan fingerprint density at radius 2 is 1.94 bits per heavy atom. The molecule has 2 rings (SSSR count). The van der Waals surface area contributed by atoms with Gasteiger partial charge in [0, 0.05) is 13.1 Å². The number of nitrogens with zero attached hydrogens (tertiary/aromatic N) is 2. The lowest BCUT2D eigenvalue weighted by Gasteiger charge is -2.30. The van der Waals surface area contributed by atoms with Gasteiger partial charge in [0.15, 0.2) is 0 Å². The van der Waals surface area contributed by atoms with Crippen LogP contribution in [0.1, 0.15) is 11.6 Å². The maximum atomic E-state index is 9.29. The van der Waals surface area contributed by atoms with Crippen LogP contribution < -0.4 is 4.74 Å². The topological polar surface area (TPSA) is 45.5 Å². The number of hydrogen-bond acceptors (Lipinski definition) is 4. The average molecular weight is 232 g/mol. The average Bonchev–Trinajstić information content (AvgIpc) is 2.42. The van der Waals surface area contributed by atoms with Crippen LogP contribution in [-0.4, -0.2) is 38.3 Å². The predicted octanol–water partition coefficient (Wildman–Crippen LogP) is 1.59. The molecule has 4 nitrogen and oxygen atoms in total. The zero-order valence-corrected chi connectivity index (χ0v) is 9.93. The van der Waals surface area contributed by atoms with Crippen molar-refractivity contribution in [1.29, 1.82) is 5.26 Å². The fourth-order valence-electron chi connectivity index (χ4n) is 1.99. The SMILES string of the molecule is COc1ccc([C@H](C#N)N2CCOCC2)cc1. The Morgan fingerprint density at radius 1 is 1.29 bits per heavy atom. The summed E-state index contributed by atoms with van der Waals surface area (Å²) in [6, 6.07) is 9.84. The molecule has 1 atom stereocenters. The Balaban J connectivity index is 2.13. The van der Waals surface area contributed by atoms with E-state index in [0.717, 1.165) is 24.4 Å². The molecule has 1 aromatic rings. The smallest absolute Gasteiger partial charge is 0.124 e. The second-order valence-corrected chi connectivity index (χ2v) is 3.95. The molecule has 1 aromatic carbocycles. The Hall–Kier alpha value is -1.57. The molecule has 0 bridgehead atoms. The molecule has 0 aliphatic carbocycles. The molecule has 0 spiro atoms. The summed E-state index contributed by atoms with van der Waals surface area (Å²) < 4.78 is 10.4. The summed E-state index contributed by atoms with van der Waals surface area (Å²) in [5.41, 5.74) is 1.01. The lowest BCUT2D eigenvalue weighted by atomic mass is 10.1. The molecule has 0 saturated carbocycles. The Bertz CT molecular complexity index is 391. The van der Waals surface area contributed by atoms with E-state index in [1.807, 2.05) is 24.3 Å². The highest BCUT2D eigenvalue weighted by atomic mass is 16.5. The summed E-state index contributed by atoms with van der Waals surface area (Å²) in [6.45, 7) is 3.02. The van der Waals surface area contributed by atoms with Crippen LogP contribution >= 0.6 is 0 Å². The molecule has 1 fully saturated rings. The highest BCUT2D eigenvalue weighted by Gasteiger charge is 2.21. The summed E-state index contributed by atoms with van der Waals surface area (Å²) in [5.74, 6) is 0.812. The van der Waals surface area contributed by atoms with E-state index in [1.165, 1.54) is 0 Å². The zero-order valence-electron chi connectivity index (χ0n) is 9.93. The number of hydrogen-bond donors (Lipinski definition) is 0. The van der Waals surface area contributed by atoms with Crippen LogP contribution in [0.3, 0.4) is 0 Å². The van der Waals surface area contributed by atoms with Gasteiger partial charge in [-0.3, -0.25) is 4.90 Å². The molecular weight excluding hydrogens is 216 g/mol. The Kier molecular flexibility index (Phi) is 3.97. The lowest BCUT2D eigenvalue weighted by Crippen LogP contribution is -2.38. The van der Waals surface area contributed by atoms with Gasteiger partial charge in [0.25, 0.3) is 0 Å². The lowest BCUT2D eigenvalue weighted by molar-refractivity contribution is 0.0266. The molecule has 0 N–H and O–H groups in total. The molecule has 17 heavy (non-hydrogen) atoms. The Labute approximate surface area is 101 Å². The van der Waals surface area contributed by atoms with Crippen molar-refractivity contribution in [2.75, 3.05) is 33.4 Å². The van der Waals surface area contributed by atoms with Crippen molar-refractivity contribution in [3.63, 3.8) is 0 Å². The van der Waals surface area contributed by atoms with E-state index in [1.54, 1.807) is 7.11 Å². The van der Waals surface area contributed by atoms with E-state index in [-0.39, 0.29) is 6.04 Å². The maximum Gasteiger partial charge on any atom is 0.124 e. The molecular formula is C13H16N2O2. The van der Waals surface area contributed by atoms with Gasteiger partial charge in [-0.2, -0.15) is 5.26 Å². The maximum absolute atomic E-state index is 9.29. The van der Waals surface area contributed by atoms with E-state index in [2.05, 4.69) is 11.0 Å². The standard InChI is InChI=1S/C13H16N2O2/c1-16-12-4-2-11(3-5-12)13(10-14)15-6-8-17-9-7-15/h2-5,13H,6-9H2,1H3/t13-/m0/s1. The normalized spacial score (nSPS) is 18.4. The van der Waals surface area contributed by atoms with Crippen LogP contribution in [0, 0.1) is 11.3 Å². The first-order valence-electron chi connectivity index (χ1n) is 5.70. The van der Waals surface area contributed by atoms with E-state index in [9.17, 15) is 5.26 Å². The number of benzene rings is 1. The van der Waals surface area contributed by atoms with Crippen LogP contribution in [0.4, 0.5) is 0 Å². The molecule has 1 aliphatic heterocycles. The second-order valence-electron chi connectivity index (χ2n) is 3.95. The fraction of sp³-hybridized carbons (Fsp3) is 0.462. The van der Waals surface area contributed by atoms with Crippen molar-refractivity contribution in [3.05, 3.63) is 29.8 Å². The summed E-state index contributed by atoms with van der Waals surface area (Å²) in [7, 11) is 1.64. The van der Waals surface area contributed by atoms with Gasteiger partial charge in [-0.05, 0) is 17.7 Å². The first-order valence-corrected chi connectivity index (χ1v) is 5.70. The summed E-state index contributed by atoms with van der Waals surface area (Å²) in [6.07, 6.45) is 0. The summed E-state index contributed by atoms with van der Waals surface area (Å²) in [5, 5.41) is 9.29. The van der Waals surface area contributed by atoms with Crippen LogP contribution in [0.2, 0.25) is 0 Å².